The van der Waals surface area contributed by atoms with Crippen molar-refractivity contribution in [2.45, 2.75) is 25.8 Å². The molecule has 1 aromatic heterocycles. The number of likely N-dealkylation sites (N-methyl/N-ethyl adjacent to an activating group) is 1. The van der Waals surface area contributed by atoms with E-state index in [0.29, 0.717) is 5.69 Å². The fourth-order valence-corrected chi connectivity index (χ4v) is 3.17. The van der Waals surface area contributed by atoms with Gasteiger partial charge in [-0.05, 0) is 37.8 Å². The molecule has 1 aliphatic carbocycles. The van der Waals surface area contributed by atoms with Crippen molar-refractivity contribution in [3.8, 4) is 0 Å². The quantitative estimate of drug-likeness (QED) is 0.726. The van der Waals surface area contributed by atoms with Crippen LogP contribution >= 0.6 is 0 Å². The van der Waals surface area contributed by atoms with E-state index in [9.17, 15) is 9.59 Å². The van der Waals surface area contributed by atoms with Gasteiger partial charge in [-0.1, -0.05) is 0 Å². The first-order chi connectivity index (χ1) is 10.1. The largest absolute Gasteiger partial charge is 0.358 e. The first kappa shape index (κ1) is 14.1. The lowest BCUT2D eigenvalue weighted by atomic mass is 9.92. The van der Waals surface area contributed by atoms with Crippen molar-refractivity contribution < 1.29 is 9.59 Å². The van der Waals surface area contributed by atoms with Crippen LogP contribution in [0, 0.1) is 11.3 Å². The fraction of sp³-hybridized carbons (Fsp3) is 0.643. The Labute approximate surface area is 123 Å². The van der Waals surface area contributed by atoms with Gasteiger partial charge in [-0.3, -0.25) is 14.3 Å². The molecule has 21 heavy (non-hydrogen) atoms. The molecule has 1 spiro atoms. The highest BCUT2D eigenvalue weighted by Gasteiger charge is 2.57. The summed E-state index contributed by atoms with van der Waals surface area (Å²) in [5.74, 6) is 0.0881. The SMILES string of the molecule is CNC(=O)Cn1cc(NC(=O)C2CC23CCNCC3)cn1. The number of rotatable bonds is 4. The lowest BCUT2D eigenvalue weighted by Gasteiger charge is -2.23. The van der Waals surface area contributed by atoms with Crippen molar-refractivity contribution in [2.24, 2.45) is 11.3 Å². The molecular weight excluding hydrogens is 270 g/mol. The molecular formula is C14H21N5O2. The molecule has 0 radical (unpaired) electrons. The standard InChI is InChI=1S/C14H21N5O2/c1-15-12(20)9-19-8-10(7-17-19)18-13(21)11-6-14(11)2-4-16-5-3-14/h7-8,11,16H,2-6,9H2,1H3,(H,15,20)(H,18,21). The Morgan fingerprint density at radius 1 is 1.48 bits per heavy atom. The summed E-state index contributed by atoms with van der Waals surface area (Å²) in [6, 6.07) is 0. The van der Waals surface area contributed by atoms with E-state index in [2.05, 4.69) is 21.0 Å². The zero-order valence-corrected chi connectivity index (χ0v) is 12.2. The van der Waals surface area contributed by atoms with E-state index in [1.807, 2.05) is 0 Å². The molecule has 3 N–H and O–H groups in total. The number of nitrogens with one attached hydrogen (secondary N) is 3. The minimum Gasteiger partial charge on any atom is -0.358 e. The lowest BCUT2D eigenvalue weighted by Crippen LogP contribution is -2.31. The number of anilines is 1. The van der Waals surface area contributed by atoms with E-state index in [1.165, 1.54) is 4.68 Å². The van der Waals surface area contributed by atoms with Crippen LogP contribution in [-0.2, 0) is 16.1 Å². The summed E-state index contributed by atoms with van der Waals surface area (Å²) in [5.41, 5.74) is 0.882. The molecule has 1 unspecified atom stereocenters. The van der Waals surface area contributed by atoms with Crippen LogP contribution in [0.2, 0.25) is 0 Å². The molecule has 0 bridgehead atoms. The number of aromatic nitrogens is 2. The van der Waals surface area contributed by atoms with E-state index in [-0.39, 0.29) is 29.7 Å². The maximum atomic E-state index is 12.3. The summed E-state index contributed by atoms with van der Waals surface area (Å²) in [7, 11) is 1.58. The first-order valence-electron chi connectivity index (χ1n) is 7.38. The molecule has 7 nitrogen and oxygen atoms in total. The normalized spacial score (nSPS) is 22.8. The zero-order valence-electron chi connectivity index (χ0n) is 12.2. The second-order valence-electron chi connectivity index (χ2n) is 5.96. The van der Waals surface area contributed by atoms with Crippen molar-refractivity contribution in [2.75, 3.05) is 25.5 Å². The molecule has 2 amide bonds. The average molecular weight is 291 g/mol. The van der Waals surface area contributed by atoms with Crippen LogP contribution in [-0.4, -0.2) is 41.7 Å². The minimum absolute atomic E-state index is 0.0800. The van der Waals surface area contributed by atoms with Crippen LogP contribution in [0.4, 0.5) is 5.69 Å². The van der Waals surface area contributed by atoms with Gasteiger partial charge in [-0.15, -0.1) is 0 Å². The predicted molar refractivity (Wildman–Crippen MR) is 77.6 cm³/mol. The summed E-state index contributed by atoms with van der Waals surface area (Å²) >= 11 is 0. The summed E-state index contributed by atoms with van der Waals surface area (Å²) in [5, 5.41) is 12.9. The Morgan fingerprint density at radius 2 is 2.24 bits per heavy atom. The summed E-state index contributed by atoms with van der Waals surface area (Å²) < 4.78 is 1.52. The van der Waals surface area contributed by atoms with Crippen molar-refractivity contribution >= 4 is 17.5 Å². The van der Waals surface area contributed by atoms with Gasteiger partial charge in [0, 0.05) is 19.2 Å². The molecule has 1 saturated heterocycles. The van der Waals surface area contributed by atoms with Crippen LogP contribution < -0.4 is 16.0 Å². The molecule has 2 heterocycles. The molecule has 1 saturated carbocycles. The second-order valence-corrected chi connectivity index (χ2v) is 5.96. The van der Waals surface area contributed by atoms with Gasteiger partial charge in [0.25, 0.3) is 0 Å². The molecule has 2 fully saturated rings. The number of carbonyl (C=O) groups excluding carboxylic acids is 2. The maximum absolute atomic E-state index is 12.3. The number of hydrogen-bond donors (Lipinski definition) is 3. The van der Waals surface area contributed by atoms with Crippen molar-refractivity contribution in [1.82, 2.24) is 20.4 Å². The van der Waals surface area contributed by atoms with Gasteiger partial charge >= 0.3 is 0 Å². The fourth-order valence-electron chi connectivity index (χ4n) is 3.17. The number of carbonyl (C=O) groups is 2. The third kappa shape index (κ3) is 2.92. The Morgan fingerprint density at radius 3 is 2.95 bits per heavy atom. The molecule has 2 aliphatic rings. The van der Waals surface area contributed by atoms with Gasteiger partial charge < -0.3 is 16.0 Å². The first-order valence-corrected chi connectivity index (χ1v) is 7.38. The highest BCUT2D eigenvalue weighted by Crippen LogP contribution is 2.58. The van der Waals surface area contributed by atoms with Crippen LogP contribution in [0.5, 0.6) is 0 Å². The Bertz CT molecular complexity index is 547. The van der Waals surface area contributed by atoms with Crippen molar-refractivity contribution in [1.29, 1.82) is 0 Å². The monoisotopic (exact) mass is 291 g/mol. The third-order valence-corrected chi connectivity index (χ3v) is 4.59. The topological polar surface area (TPSA) is 88.0 Å². The Balaban J connectivity index is 1.55. The summed E-state index contributed by atoms with van der Waals surface area (Å²) in [6.07, 6.45) is 6.43. The molecule has 0 aromatic carbocycles. The molecule has 1 atom stereocenters. The molecule has 7 heteroatoms. The second kappa shape index (κ2) is 5.48. The number of amides is 2. The van der Waals surface area contributed by atoms with E-state index in [4.69, 9.17) is 0 Å². The zero-order chi connectivity index (χ0) is 14.9. The maximum Gasteiger partial charge on any atom is 0.241 e. The van der Waals surface area contributed by atoms with Gasteiger partial charge in [-0.25, -0.2) is 0 Å². The van der Waals surface area contributed by atoms with Crippen molar-refractivity contribution in [3.05, 3.63) is 12.4 Å². The van der Waals surface area contributed by atoms with E-state index in [0.717, 1.165) is 32.4 Å². The smallest absolute Gasteiger partial charge is 0.241 e. The number of nitrogens with zero attached hydrogens (tertiary/aromatic N) is 2. The Hall–Kier alpha value is -1.89. The van der Waals surface area contributed by atoms with E-state index in [1.54, 1.807) is 19.4 Å². The minimum atomic E-state index is -0.119. The molecule has 1 aromatic rings. The number of hydrogen-bond acceptors (Lipinski definition) is 4. The summed E-state index contributed by atoms with van der Waals surface area (Å²) in [6.45, 7) is 2.17. The van der Waals surface area contributed by atoms with Crippen LogP contribution in [0.25, 0.3) is 0 Å². The highest BCUT2D eigenvalue weighted by atomic mass is 16.2. The van der Waals surface area contributed by atoms with Gasteiger partial charge in [-0.2, -0.15) is 5.10 Å². The van der Waals surface area contributed by atoms with Gasteiger partial charge in [0.2, 0.25) is 11.8 Å². The van der Waals surface area contributed by atoms with E-state index >= 15 is 0 Å². The third-order valence-electron chi connectivity index (χ3n) is 4.59. The molecule has 1 aliphatic heterocycles. The van der Waals surface area contributed by atoms with Gasteiger partial charge in [0.15, 0.2) is 0 Å². The van der Waals surface area contributed by atoms with Crippen LogP contribution in [0.3, 0.4) is 0 Å². The van der Waals surface area contributed by atoms with Crippen LogP contribution in [0.1, 0.15) is 19.3 Å². The van der Waals surface area contributed by atoms with E-state index < -0.39 is 0 Å². The van der Waals surface area contributed by atoms with Crippen molar-refractivity contribution in [3.63, 3.8) is 0 Å². The average Bonchev–Trinajstić information content (AvgIpc) is 2.99. The molecule has 114 valence electrons. The van der Waals surface area contributed by atoms with Gasteiger partial charge in [0.05, 0.1) is 11.9 Å². The molecule has 3 rings (SSSR count). The lowest BCUT2D eigenvalue weighted by molar-refractivity contribution is -0.121. The summed E-state index contributed by atoms with van der Waals surface area (Å²) in [4.78, 5) is 23.6. The highest BCUT2D eigenvalue weighted by molar-refractivity contribution is 5.94. The van der Waals surface area contributed by atoms with Gasteiger partial charge in [0.1, 0.15) is 6.54 Å². The van der Waals surface area contributed by atoms with Crippen LogP contribution in [0.15, 0.2) is 12.4 Å². The Kier molecular flexibility index (Phi) is 3.67. The predicted octanol–water partition coefficient (Wildman–Crippen LogP) is -0.0427. The number of piperidine rings is 1.